The molecule has 2 aromatic heterocycles. The van der Waals surface area contributed by atoms with Crippen LogP contribution >= 0.6 is 0 Å². The Hall–Kier alpha value is -3.42. The molecule has 8 nitrogen and oxygen atoms in total. The highest BCUT2D eigenvalue weighted by Gasteiger charge is 2.20. The normalized spacial score (nSPS) is 10.7. The molecule has 0 aliphatic rings. The molecular weight excluding hydrogens is 324 g/mol. The minimum atomic E-state index is -0.501. The number of anilines is 1. The van der Waals surface area contributed by atoms with Crippen LogP contribution < -0.4 is 10.1 Å². The first-order chi connectivity index (χ1) is 11.9. The van der Waals surface area contributed by atoms with Crippen LogP contribution in [0.2, 0.25) is 0 Å². The summed E-state index contributed by atoms with van der Waals surface area (Å²) < 4.78 is 6.90. The molecule has 0 saturated heterocycles. The summed E-state index contributed by atoms with van der Waals surface area (Å²) in [5, 5.41) is 13.7. The van der Waals surface area contributed by atoms with Crippen molar-refractivity contribution in [2.75, 3.05) is 12.4 Å². The van der Waals surface area contributed by atoms with Gasteiger partial charge in [0, 0.05) is 18.3 Å². The quantitative estimate of drug-likeness (QED) is 0.581. The fourth-order valence-electron chi connectivity index (χ4n) is 2.63. The molecule has 3 rings (SSSR count). The predicted octanol–water partition coefficient (Wildman–Crippen LogP) is 3.12. The first-order valence-corrected chi connectivity index (χ1v) is 7.50. The van der Waals surface area contributed by atoms with Crippen molar-refractivity contribution in [2.24, 2.45) is 0 Å². The van der Waals surface area contributed by atoms with Gasteiger partial charge in [-0.15, -0.1) is 0 Å². The van der Waals surface area contributed by atoms with E-state index >= 15 is 0 Å². The molecule has 0 fully saturated rings. The highest BCUT2D eigenvalue weighted by atomic mass is 16.6. The van der Waals surface area contributed by atoms with Crippen LogP contribution in [0.1, 0.15) is 21.7 Å². The van der Waals surface area contributed by atoms with Gasteiger partial charge in [0.25, 0.3) is 11.6 Å². The van der Waals surface area contributed by atoms with Gasteiger partial charge in [-0.25, -0.2) is 4.98 Å². The topological polar surface area (TPSA) is 98.8 Å². The smallest absolute Gasteiger partial charge is 0.274 e. The Labute approximate surface area is 143 Å². The van der Waals surface area contributed by atoms with Crippen LogP contribution in [0.5, 0.6) is 5.75 Å². The van der Waals surface area contributed by atoms with Crippen molar-refractivity contribution in [3.63, 3.8) is 0 Å². The highest BCUT2D eigenvalue weighted by molar-refractivity contribution is 6.05. The van der Waals surface area contributed by atoms with E-state index in [-0.39, 0.29) is 5.69 Å². The average molecular weight is 340 g/mol. The number of aryl methyl sites for hydroxylation is 2. The summed E-state index contributed by atoms with van der Waals surface area (Å²) in [4.78, 5) is 27.6. The number of rotatable bonds is 4. The van der Waals surface area contributed by atoms with Crippen molar-refractivity contribution in [1.82, 2.24) is 9.38 Å². The number of amides is 1. The van der Waals surface area contributed by atoms with Gasteiger partial charge in [-0.2, -0.15) is 0 Å². The van der Waals surface area contributed by atoms with Crippen LogP contribution in [-0.4, -0.2) is 27.3 Å². The van der Waals surface area contributed by atoms with E-state index in [0.29, 0.717) is 28.5 Å². The molecule has 0 radical (unpaired) electrons. The number of fused-ring (bicyclic) bond motifs is 1. The third kappa shape index (κ3) is 2.89. The number of nitrogens with zero attached hydrogens (tertiary/aromatic N) is 3. The molecule has 1 aromatic carbocycles. The SMILES string of the molecule is COc1cccn2c(C(=O)Nc3cc([N+](=O)[O-])ccc3C)c(C)nc12. The molecule has 0 unspecified atom stereocenters. The molecular formula is C17H16N4O4. The lowest BCUT2D eigenvalue weighted by molar-refractivity contribution is -0.384. The van der Waals surface area contributed by atoms with Crippen LogP contribution in [-0.2, 0) is 0 Å². The monoisotopic (exact) mass is 340 g/mol. The standard InChI is InChI=1S/C17H16N4O4/c1-10-6-7-12(21(23)24)9-13(10)19-17(22)15-11(2)18-16-14(25-3)5-4-8-20(15)16/h4-9H,1-3H3,(H,19,22). The van der Waals surface area contributed by atoms with Gasteiger partial charge in [0.2, 0.25) is 0 Å². The van der Waals surface area contributed by atoms with Gasteiger partial charge in [-0.1, -0.05) is 6.07 Å². The molecule has 0 aliphatic heterocycles. The van der Waals surface area contributed by atoms with Crippen molar-refractivity contribution in [3.05, 3.63) is 63.6 Å². The summed E-state index contributed by atoms with van der Waals surface area (Å²) in [5.41, 5.74) is 2.44. The van der Waals surface area contributed by atoms with Crippen LogP contribution in [0.25, 0.3) is 5.65 Å². The van der Waals surface area contributed by atoms with Crippen molar-refractivity contribution in [1.29, 1.82) is 0 Å². The van der Waals surface area contributed by atoms with Crippen LogP contribution in [0.15, 0.2) is 36.5 Å². The summed E-state index contributed by atoms with van der Waals surface area (Å²) >= 11 is 0. The number of carbonyl (C=O) groups excluding carboxylic acids is 1. The minimum absolute atomic E-state index is 0.0857. The number of non-ortho nitro benzene ring substituents is 1. The van der Waals surface area contributed by atoms with Crippen molar-refractivity contribution in [3.8, 4) is 5.75 Å². The number of hydrogen-bond acceptors (Lipinski definition) is 5. The number of nitro benzene ring substituents is 1. The van der Waals surface area contributed by atoms with E-state index in [0.717, 1.165) is 5.56 Å². The van der Waals surface area contributed by atoms with Crippen LogP contribution in [0, 0.1) is 24.0 Å². The van der Waals surface area contributed by atoms with Gasteiger partial charge in [0.1, 0.15) is 5.69 Å². The van der Waals surface area contributed by atoms with E-state index < -0.39 is 10.8 Å². The zero-order valence-electron chi connectivity index (χ0n) is 13.9. The second-order valence-electron chi connectivity index (χ2n) is 5.53. The number of ether oxygens (including phenoxy) is 1. The summed E-state index contributed by atoms with van der Waals surface area (Å²) in [5.74, 6) is 0.151. The first-order valence-electron chi connectivity index (χ1n) is 7.50. The molecule has 1 amide bonds. The summed E-state index contributed by atoms with van der Waals surface area (Å²) in [7, 11) is 1.53. The maximum Gasteiger partial charge on any atom is 0.274 e. The van der Waals surface area contributed by atoms with Crippen molar-refractivity contribution < 1.29 is 14.5 Å². The lowest BCUT2D eigenvalue weighted by Gasteiger charge is -2.09. The zero-order chi connectivity index (χ0) is 18.1. The number of carbonyl (C=O) groups is 1. The number of pyridine rings is 1. The summed E-state index contributed by atoms with van der Waals surface area (Å²) in [6.45, 7) is 3.49. The lowest BCUT2D eigenvalue weighted by atomic mass is 10.1. The van der Waals surface area contributed by atoms with Gasteiger partial charge in [-0.05, 0) is 31.5 Å². The second-order valence-corrected chi connectivity index (χ2v) is 5.53. The molecule has 128 valence electrons. The van der Waals surface area contributed by atoms with E-state index in [1.165, 1.54) is 19.2 Å². The van der Waals surface area contributed by atoms with Gasteiger partial charge in [-0.3, -0.25) is 19.3 Å². The molecule has 0 aliphatic carbocycles. The number of nitrogens with one attached hydrogen (secondary N) is 1. The number of hydrogen-bond donors (Lipinski definition) is 1. The Morgan fingerprint density at radius 1 is 1.32 bits per heavy atom. The molecule has 0 atom stereocenters. The molecule has 0 spiro atoms. The number of nitro groups is 1. The number of methoxy groups -OCH3 is 1. The van der Waals surface area contributed by atoms with E-state index in [2.05, 4.69) is 10.3 Å². The Balaban J connectivity index is 2.03. The second kappa shape index (κ2) is 6.23. The lowest BCUT2D eigenvalue weighted by Crippen LogP contribution is -2.16. The fourth-order valence-corrected chi connectivity index (χ4v) is 2.63. The third-order valence-corrected chi connectivity index (χ3v) is 3.90. The van der Waals surface area contributed by atoms with Gasteiger partial charge >= 0.3 is 0 Å². The van der Waals surface area contributed by atoms with Crippen LogP contribution in [0.4, 0.5) is 11.4 Å². The zero-order valence-corrected chi connectivity index (χ0v) is 13.9. The minimum Gasteiger partial charge on any atom is -0.493 e. The molecule has 25 heavy (non-hydrogen) atoms. The van der Waals surface area contributed by atoms with Gasteiger partial charge < -0.3 is 10.1 Å². The van der Waals surface area contributed by atoms with E-state index in [4.69, 9.17) is 4.74 Å². The molecule has 3 aromatic rings. The maximum absolute atomic E-state index is 12.8. The maximum atomic E-state index is 12.8. The average Bonchev–Trinajstić information content (AvgIpc) is 2.92. The molecule has 0 saturated carbocycles. The Morgan fingerprint density at radius 2 is 2.08 bits per heavy atom. The first kappa shape index (κ1) is 16.4. The van der Waals surface area contributed by atoms with Crippen molar-refractivity contribution in [2.45, 2.75) is 13.8 Å². The van der Waals surface area contributed by atoms with Crippen molar-refractivity contribution >= 4 is 22.9 Å². The number of aromatic nitrogens is 2. The highest BCUT2D eigenvalue weighted by Crippen LogP contribution is 2.25. The Morgan fingerprint density at radius 3 is 2.76 bits per heavy atom. The molecule has 8 heteroatoms. The largest absolute Gasteiger partial charge is 0.493 e. The van der Waals surface area contributed by atoms with E-state index in [9.17, 15) is 14.9 Å². The number of imidazole rings is 1. The molecule has 0 bridgehead atoms. The van der Waals surface area contributed by atoms with Gasteiger partial charge in [0.15, 0.2) is 11.4 Å². The summed E-state index contributed by atoms with van der Waals surface area (Å²) in [6, 6.07) is 7.84. The fraction of sp³-hybridized carbons (Fsp3) is 0.176. The Kier molecular flexibility index (Phi) is 4.10. The third-order valence-electron chi connectivity index (χ3n) is 3.90. The summed E-state index contributed by atoms with van der Waals surface area (Å²) in [6.07, 6.45) is 1.72. The molecule has 1 N–H and O–H groups in total. The van der Waals surface area contributed by atoms with Gasteiger partial charge in [0.05, 0.1) is 23.4 Å². The van der Waals surface area contributed by atoms with E-state index in [1.807, 2.05) is 0 Å². The predicted molar refractivity (Wildman–Crippen MR) is 92.3 cm³/mol. The molecule has 2 heterocycles. The number of benzene rings is 1. The Bertz CT molecular complexity index is 994. The van der Waals surface area contributed by atoms with E-state index in [1.54, 1.807) is 42.6 Å². The van der Waals surface area contributed by atoms with Crippen LogP contribution in [0.3, 0.4) is 0 Å².